The molecule has 0 spiro atoms. The predicted molar refractivity (Wildman–Crippen MR) is 64.7 cm³/mol. The molecule has 2 nitrogen and oxygen atoms in total. The zero-order valence-corrected chi connectivity index (χ0v) is 10.1. The summed E-state index contributed by atoms with van der Waals surface area (Å²) >= 11 is 0. The molecule has 1 N–H and O–H groups in total. The lowest BCUT2D eigenvalue weighted by atomic mass is 10.0. The normalized spacial score (nSPS) is 20.8. The van der Waals surface area contributed by atoms with Crippen molar-refractivity contribution >= 4 is 12.4 Å². The SMILES string of the molecule is Cc1cc(C)cc([C@@H]2COCCN2)c1.Cl. The minimum atomic E-state index is 0. The van der Waals surface area contributed by atoms with Gasteiger partial charge in [-0.25, -0.2) is 0 Å². The van der Waals surface area contributed by atoms with E-state index in [2.05, 4.69) is 37.4 Å². The standard InChI is InChI=1S/C12H17NO.ClH/c1-9-5-10(2)7-11(6-9)12-8-14-4-3-13-12;/h5-7,12-13H,3-4,8H2,1-2H3;1H/t12-;/m0./s1. The highest BCUT2D eigenvalue weighted by Crippen LogP contribution is 2.18. The molecule has 84 valence electrons. The van der Waals surface area contributed by atoms with E-state index in [1.165, 1.54) is 16.7 Å². The van der Waals surface area contributed by atoms with Gasteiger partial charge in [-0.1, -0.05) is 29.3 Å². The van der Waals surface area contributed by atoms with E-state index in [1.54, 1.807) is 0 Å². The van der Waals surface area contributed by atoms with Crippen LogP contribution in [-0.4, -0.2) is 19.8 Å². The molecule has 0 amide bonds. The molecular weight excluding hydrogens is 210 g/mol. The zero-order valence-electron chi connectivity index (χ0n) is 9.25. The molecule has 2 rings (SSSR count). The van der Waals surface area contributed by atoms with Gasteiger partial charge in [0.1, 0.15) is 0 Å². The Morgan fingerprint density at radius 3 is 2.40 bits per heavy atom. The first-order chi connectivity index (χ1) is 6.75. The molecule has 0 aromatic heterocycles. The van der Waals surface area contributed by atoms with Crippen molar-refractivity contribution in [1.82, 2.24) is 5.32 Å². The number of aryl methyl sites for hydroxylation is 2. The van der Waals surface area contributed by atoms with Gasteiger partial charge in [-0.05, 0) is 19.4 Å². The van der Waals surface area contributed by atoms with Crippen LogP contribution in [0.4, 0.5) is 0 Å². The van der Waals surface area contributed by atoms with Crippen molar-refractivity contribution in [1.29, 1.82) is 0 Å². The van der Waals surface area contributed by atoms with Crippen LogP contribution in [0.5, 0.6) is 0 Å². The number of halogens is 1. The van der Waals surface area contributed by atoms with Gasteiger partial charge >= 0.3 is 0 Å². The van der Waals surface area contributed by atoms with Crippen LogP contribution >= 0.6 is 12.4 Å². The van der Waals surface area contributed by atoms with E-state index in [9.17, 15) is 0 Å². The smallest absolute Gasteiger partial charge is 0.0662 e. The fraction of sp³-hybridized carbons (Fsp3) is 0.500. The molecule has 1 heterocycles. The third-order valence-corrected chi connectivity index (χ3v) is 2.57. The summed E-state index contributed by atoms with van der Waals surface area (Å²) < 4.78 is 5.45. The largest absolute Gasteiger partial charge is 0.378 e. The van der Waals surface area contributed by atoms with Crippen molar-refractivity contribution in [2.24, 2.45) is 0 Å². The van der Waals surface area contributed by atoms with Crippen molar-refractivity contribution in [3.63, 3.8) is 0 Å². The minimum Gasteiger partial charge on any atom is -0.378 e. The van der Waals surface area contributed by atoms with Crippen LogP contribution in [0.3, 0.4) is 0 Å². The van der Waals surface area contributed by atoms with Crippen molar-refractivity contribution in [3.8, 4) is 0 Å². The monoisotopic (exact) mass is 227 g/mol. The van der Waals surface area contributed by atoms with Crippen LogP contribution in [0.2, 0.25) is 0 Å². The summed E-state index contributed by atoms with van der Waals surface area (Å²) in [6.45, 7) is 6.86. The Kier molecular flexibility index (Phi) is 4.58. The van der Waals surface area contributed by atoms with Gasteiger partial charge in [0.15, 0.2) is 0 Å². The molecule has 0 radical (unpaired) electrons. The van der Waals surface area contributed by atoms with E-state index in [0.29, 0.717) is 6.04 Å². The van der Waals surface area contributed by atoms with Gasteiger partial charge in [0.05, 0.1) is 19.3 Å². The van der Waals surface area contributed by atoms with Crippen LogP contribution < -0.4 is 5.32 Å². The van der Waals surface area contributed by atoms with Crippen molar-refractivity contribution in [3.05, 3.63) is 34.9 Å². The van der Waals surface area contributed by atoms with E-state index in [-0.39, 0.29) is 12.4 Å². The second-order valence-electron chi connectivity index (χ2n) is 4.00. The second-order valence-corrected chi connectivity index (χ2v) is 4.00. The van der Waals surface area contributed by atoms with E-state index in [1.807, 2.05) is 0 Å². The quantitative estimate of drug-likeness (QED) is 0.796. The molecule has 1 atom stereocenters. The summed E-state index contributed by atoms with van der Waals surface area (Å²) in [4.78, 5) is 0. The van der Waals surface area contributed by atoms with Gasteiger partial charge in [0.2, 0.25) is 0 Å². The highest BCUT2D eigenvalue weighted by Gasteiger charge is 2.15. The van der Waals surface area contributed by atoms with Crippen LogP contribution in [0.15, 0.2) is 18.2 Å². The van der Waals surface area contributed by atoms with Crippen LogP contribution in [-0.2, 0) is 4.74 Å². The number of hydrogen-bond donors (Lipinski definition) is 1. The molecule has 1 aromatic rings. The van der Waals surface area contributed by atoms with Crippen molar-refractivity contribution < 1.29 is 4.74 Å². The Bertz CT molecular complexity index is 301. The summed E-state index contributed by atoms with van der Waals surface area (Å²) in [5, 5.41) is 3.46. The maximum Gasteiger partial charge on any atom is 0.0662 e. The lowest BCUT2D eigenvalue weighted by molar-refractivity contribution is 0.0768. The first kappa shape index (κ1) is 12.5. The molecule has 0 saturated carbocycles. The van der Waals surface area contributed by atoms with Gasteiger partial charge in [-0.2, -0.15) is 0 Å². The molecule has 3 heteroatoms. The highest BCUT2D eigenvalue weighted by molar-refractivity contribution is 5.85. The molecule has 1 fully saturated rings. The molecule has 0 aliphatic carbocycles. The fourth-order valence-electron chi connectivity index (χ4n) is 1.99. The number of benzene rings is 1. The summed E-state index contributed by atoms with van der Waals surface area (Å²) in [6, 6.07) is 7.05. The average Bonchev–Trinajstić information content (AvgIpc) is 2.18. The van der Waals surface area contributed by atoms with Gasteiger partial charge in [0, 0.05) is 6.54 Å². The van der Waals surface area contributed by atoms with Gasteiger partial charge in [-0.3, -0.25) is 0 Å². The fourth-order valence-corrected chi connectivity index (χ4v) is 1.99. The van der Waals surface area contributed by atoms with Gasteiger partial charge in [-0.15, -0.1) is 12.4 Å². The Balaban J connectivity index is 0.00000112. The lowest BCUT2D eigenvalue weighted by Crippen LogP contribution is -2.34. The highest BCUT2D eigenvalue weighted by atomic mass is 35.5. The molecule has 1 saturated heterocycles. The topological polar surface area (TPSA) is 21.3 Å². The summed E-state index contributed by atoms with van der Waals surface area (Å²) in [7, 11) is 0. The van der Waals surface area contributed by atoms with Crippen LogP contribution in [0.1, 0.15) is 22.7 Å². The summed E-state index contributed by atoms with van der Waals surface area (Å²) in [5.74, 6) is 0. The van der Waals surface area contributed by atoms with E-state index in [4.69, 9.17) is 4.74 Å². The summed E-state index contributed by atoms with van der Waals surface area (Å²) in [5.41, 5.74) is 4.00. The zero-order chi connectivity index (χ0) is 9.97. The lowest BCUT2D eigenvalue weighted by Gasteiger charge is -2.24. The first-order valence-electron chi connectivity index (χ1n) is 5.15. The molecule has 0 bridgehead atoms. The Labute approximate surface area is 97.4 Å². The molecular formula is C12H18ClNO. The van der Waals surface area contributed by atoms with Crippen LogP contribution in [0.25, 0.3) is 0 Å². The third kappa shape index (κ3) is 3.20. The molecule has 15 heavy (non-hydrogen) atoms. The predicted octanol–water partition coefficient (Wildman–Crippen LogP) is 2.39. The van der Waals surface area contributed by atoms with E-state index in [0.717, 1.165) is 19.8 Å². The average molecular weight is 228 g/mol. The maximum atomic E-state index is 5.45. The number of rotatable bonds is 1. The van der Waals surface area contributed by atoms with Crippen LogP contribution in [0, 0.1) is 13.8 Å². The molecule has 0 unspecified atom stereocenters. The van der Waals surface area contributed by atoms with Crippen molar-refractivity contribution in [2.45, 2.75) is 19.9 Å². The third-order valence-electron chi connectivity index (χ3n) is 2.57. The van der Waals surface area contributed by atoms with E-state index >= 15 is 0 Å². The Morgan fingerprint density at radius 2 is 1.87 bits per heavy atom. The van der Waals surface area contributed by atoms with Crippen molar-refractivity contribution in [2.75, 3.05) is 19.8 Å². The van der Waals surface area contributed by atoms with Gasteiger partial charge < -0.3 is 10.1 Å². The minimum absolute atomic E-state index is 0. The Hall–Kier alpha value is -0.570. The number of morpholine rings is 1. The van der Waals surface area contributed by atoms with Gasteiger partial charge in [0.25, 0.3) is 0 Å². The summed E-state index contributed by atoms with van der Waals surface area (Å²) in [6.07, 6.45) is 0. The Morgan fingerprint density at radius 1 is 1.20 bits per heavy atom. The first-order valence-corrected chi connectivity index (χ1v) is 5.15. The number of ether oxygens (including phenoxy) is 1. The molecule has 1 aliphatic rings. The molecule has 1 aliphatic heterocycles. The number of hydrogen-bond acceptors (Lipinski definition) is 2. The van der Waals surface area contributed by atoms with E-state index < -0.39 is 0 Å². The molecule has 1 aromatic carbocycles. The number of nitrogens with one attached hydrogen (secondary N) is 1. The maximum absolute atomic E-state index is 5.45. The second kappa shape index (κ2) is 5.50.